The third-order valence-corrected chi connectivity index (χ3v) is 10.7. The fourth-order valence-corrected chi connectivity index (χ4v) is 7.28. The number of carbonyl (C=O) groups is 1. The van der Waals surface area contributed by atoms with Crippen LogP contribution < -0.4 is 5.32 Å². The van der Waals surface area contributed by atoms with Crippen LogP contribution in [-0.2, 0) is 53.1 Å². The Bertz CT molecular complexity index is 2590. The Morgan fingerprint density at radius 2 is 0.984 bits per heavy atom. The standard InChI is InChI=1S/C27H29N5O2.C21H17BrN4.CH3.ClH.V/c1-19(2)25(27(33)34-3)28-17-20-13-15-22(16-14-20)23-11-7-8-12-24(23)26-29-30-31-32(26)18-21-9-5-4-6-10-21;22-14-16-10-12-18(13-11-16)19-8-4-5-9-20(19)21-23-24-25-26(21)15-17-6-2-1-3-7-17;;;/h4-16,19,25,28H,17-18H2,1-3H3;1-13H,14-15H2;1H3;1H;/q;;-1;;/t25-;;;;/m0..../s1. The van der Waals surface area contributed by atoms with Gasteiger partial charge in [0.25, 0.3) is 0 Å². The zero-order valence-corrected chi connectivity index (χ0v) is 39.4. The molecule has 0 bridgehead atoms. The van der Waals surface area contributed by atoms with E-state index in [-0.39, 0.29) is 56.3 Å². The smallest absolute Gasteiger partial charge is 0.323 e. The number of hydrogen-bond acceptors (Lipinski definition) is 9. The van der Waals surface area contributed by atoms with Crippen molar-refractivity contribution in [3.05, 3.63) is 187 Å². The molecule has 2 aromatic heterocycles. The van der Waals surface area contributed by atoms with E-state index in [1.165, 1.54) is 18.2 Å². The zero-order valence-electron chi connectivity index (χ0n) is 35.6. The van der Waals surface area contributed by atoms with Crippen molar-refractivity contribution in [3.8, 4) is 45.0 Å². The molecule has 2 heterocycles. The second kappa shape index (κ2) is 24.8. The molecular formula is C49H50BrClN9O2V-. The molecule has 0 saturated heterocycles. The quantitative estimate of drug-likeness (QED) is 0.0644. The Morgan fingerprint density at radius 3 is 1.38 bits per heavy atom. The fourth-order valence-electron chi connectivity index (χ4n) is 6.90. The van der Waals surface area contributed by atoms with Crippen molar-refractivity contribution < 1.29 is 28.1 Å². The number of methoxy groups -OCH3 is 1. The van der Waals surface area contributed by atoms with Crippen molar-refractivity contribution in [2.45, 2.75) is 44.9 Å². The number of ether oxygens (including phenoxy) is 1. The maximum atomic E-state index is 12.0. The molecule has 6 aromatic carbocycles. The van der Waals surface area contributed by atoms with Gasteiger partial charge in [0, 0.05) is 41.6 Å². The molecule has 63 heavy (non-hydrogen) atoms. The van der Waals surface area contributed by atoms with E-state index >= 15 is 0 Å². The summed E-state index contributed by atoms with van der Waals surface area (Å²) >= 11 is 3.50. The number of alkyl halides is 1. The number of rotatable bonds is 14. The number of nitrogens with zero attached hydrogens (tertiary/aromatic N) is 8. The van der Waals surface area contributed by atoms with Crippen molar-refractivity contribution in [1.29, 1.82) is 0 Å². The largest absolute Gasteiger partial charge is 0.468 e. The molecule has 8 aromatic rings. The van der Waals surface area contributed by atoms with Crippen LogP contribution in [0.5, 0.6) is 0 Å². The van der Waals surface area contributed by atoms with Gasteiger partial charge in [-0.05, 0) is 71.3 Å². The maximum Gasteiger partial charge on any atom is 0.323 e. The Morgan fingerprint density at radius 1 is 0.587 bits per heavy atom. The molecule has 0 unspecified atom stereocenters. The van der Waals surface area contributed by atoms with Crippen LogP contribution >= 0.6 is 28.3 Å². The number of carbonyl (C=O) groups excluding carboxylic acids is 1. The van der Waals surface area contributed by atoms with Crippen LogP contribution in [0.1, 0.15) is 36.1 Å². The Labute approximate surface area is 396 Å². The summed E-state index contributed by atoms with van der Waals surface area (Å²) in [6, 6.07) is 53.3. The molecule has 0 amide bonds. The van der Waals surface area contributed by atoms with Crippen LogP contribution in [0, 0.1) is 13.3 Å². The van der Waals surface area contributed by atoms with Crippen molar-refractivity contribution in [2.24, 2.45) is 5.92 Å². The third-order valence-electron chi connectivity index (χ3n) is 10.1. The van der Waals surface area contributed by atoms with E-state index < -0.39 is 0 Å². The topological polar surface area (TPSA) is 126 Å². The van der Waals surface area contributed by atoms with Gasteiger partial charge in [-0.25, -0.2) is 9.36 Å². The summed E-state index contributed by atoms with van der Waals surface area (Å²) in [6.07, 6.45) is 0. The van der Waals surface area contributed by atoms with Gasteiger partial charge in [0.15, 0.2) is 11.6 Å². The maximum absolute atomic E-state index is 12.0. The fraction of sp³-hybridized carbons (Fsp3) is 0.184. The van der Waals surface area contributed by atoms with E-state index in [0.29, 0.717) is 19.6 Å². The summed E-state index contributed by atoms with van der Waals surface area (Å²) in [4.78, 5) is 12.0. The van der Waals surface area contributed by atoms with E-state index in [1.807, 2.05) is 89.9 Å². The molecule has 11 nitrogen and oxygen atoms in total. The molecule has 8 rings (SSSR count). The van der Waals surface area contributed by atoms with Crippen molar-refractivity contribution in [1.82, 2.24) is 45.7 Å². The van der Waals surface area contributed by atoms with Gasteiger partial charge in [-0.3, -0.25) is 4.79 Å². The van der Waals surface area contributed by atoms with Gasteiger partial charge in [0.05, 0.1) is 20.2 Å². The average Bonchev–Trinajstić information content (AvgIpc) is 3.97. The molecule has 0 aliphatic rings. The average molecular weight is 963 g/mol. The summed E-state index contributed by atoms with van der Waals surface area (Å²) in [6.45, 7) is 5.81. The molecule has 0 aliphatic heterocycles. The van der Waals surface area contributed by atoms with Gasteiger partial charge in [-0.1, -0.05) is 188 Å². The molecule has 1 atom stereocenters. The van der Waals surface area contributed by atoms with E-state index in [2.05, 4.69) is 143 Å². The Hall–Kier alpha value is -5.76. The molecule has 0 spiro atoms. The van der Waals surface area contributed by atoms with Crippen molar-refractivity contribution >= 4 is 34.3 Å². The van der Waals surface area contributed by atoms with Gasteiger partial charge >= 0.3 is 5.97 Å². The van der Waals surface area contributed by atoms with Crippen LogP contribution in [0.25, 0.3) is 45.0 Å². The summed E-state index contributed by atoms with van der Waals surface area (Å²) in [5, 5.41) is 29.1. The molecular weight excluding hydrogens is 913 g/mol. The Kier molecular flexibility index (Phi) is 19.6. The number of nitrogens with one attached hydrogen (secondary N) is 1. The molecule has 14 heteroatoms. The van der Waals surface area contributed by atoms with E-state index in [1.54, 1.807) is 0 Å². The first-order valence-electron chi connectivity index (χ1n) is 19.8. The number of benzene rings is 6. The van der Waals surface area contributed by atoms with Crippen molar-refractivity contribution in [3.63, 3.8) is 0 Å². The van der Waals surface area contributed by atoms with Gasteiger partial charge < -0.3 is 17.5 Å². The molecule has 0 aliphatic carbocycles. The van der Waals surface area contributed by atoms with Gasteiger partial charge in [-0.15, -0.1) is 22.6 Å². The summed E-state index contributed by atoms with van der Waals surface area (Å²) in [7, 11) is 1.42. The number of esters is 1. The predicted octanol–water partition coefficient (Wildman–Crippen LogP) is 10.2. The second-order valence-corrected chi connectivity index (χ2v) is 15.1. The number of aromatic nitrogens is 8. The molecule has 1 radical (unpaired) electrons. The number of hydrogen-bond donors (Lipinski definition) is 1. The second-order valence-electron chi connectivity index (χ2n) is 14.5. The molecule has 0 saturated carbocycles. The molecule has 0 fully saturated rings. The van der Waals surface area contributed by atoms with Gasteiger partial charge in [0.2, 0.25) is 0 Å². The van der Waals surface area contributed by atoms with Crippen LogP contribution in [0.15, 0.2) is 158 Å². The number of tetrazole rings is 2. The summed E-state index contributed by atoms with van der Waals surface area (Å²) < 4.78 is 8.59. The van der Waals surface area contributed by atoms with E-state index in [0.717, 1.165) is 61.5 Å². The zero-order chi connectivity index (χ0) is 41.7. The third kappa shape index (κ3) is 12.9. The predicted molar refractivity (Wildman–Crippen MR) is 252 cm³/mol. The van der Waals surface area contributed by atoms with E-state index in [9.17, 15) is 4.79 Å². The van der Waals surface area contributed by atoms with E-state index in [4.69, 9.17) is 4.74 Å². The van der Waals surface area contributed by atoms with Crippen LogP contribution in [0.4, 0.5) is 0 Å². The SMILES string of the molecule is BrCc1ccc(-c2ccccc2-c2nnnn2Cc2ccccc2)cc1.COC(=O)[C@@H](NCc1ccc(-c2ccccc2-c2nnnn2Cc2ccccc2)cc1)C(C)C.Cl.[CH3-].[V]. The number of halogens is 2. The van der Waals surface area contributed by atoms with Gasteiger partial charge in [0.1, 0.15) is 6.04 Å². The summed E-state index contributed by atoms with van der Waals surface area (Å²) in [5.74, 6) is 1.39. The minimum absolute atomic E-state index is 0. The minimum Gasteiger partial charge on any atom is -0.468 e. The van der Waals surface area contributed by atoms with Crippen LogP contribution in [0.2, 0.25) is 0 Å². The minimum atomic E-state index is -0.339. The first kappa shape index (κ1) is 49.9. The Balaban J connectivity index is 0.000000272. The monoisotopic (exact) mass is 961 g/mol. The van der Waals surface area contributed by atoms with Crippen LogP contribution in [-0.4, -0.2) is 59.5 Å². The first-order valence-corrected chi connectivity index (χ1v) is 20.9. The van der Waals surface area contributed by atoms with Crippen molar-refractivity contribution in [2.75, 3.05) is 7.11 Å². The van der Waals surface area contributed by atoms with Crippen LogP contribution in [0.3, 0.4) is 0 Å². The first-order chi connectivity index (χ1) is 29.4. The molecule has 323 valence electrons. The van der Waals surface area contributed by atoms with Gasteiger partial charge in [-0.2, -0.15) is 0 Å². The molecule has 1 N–H and O–H groups in total. The summed E-state index contributed by atoms with van der Waals surface area (Å²) in [5.41, 5.74) is 11.0. The normalized spacial score (nSPS) is 10.9.